The van der Waals surface area contributed by atoms with Crippen LogP contribution in [0.5, 0.6) is 0 Å². The molecule has 0 aromatic carbocycles. The van der Waals surface area contributed by atoms with Crippen LogP contribution in [0.25, 0.3) is 0 Å². The Morgan fingerprint density at radius 3 is 3.12 bits per heavy atom. The lowest BCUT2D eigenvalue weighted by atomic mass is 10.1. The summed E-state index contributed by atoms with van der Waals surface area (Å²) in [7, 11) is 0. The maximum Gasteiger partial charge on any atom is 0.149 e. The van der Waals surface area contributed by atoms with E-state index < -0.39 is 0 Å². The topological polar surface area (TPSA) is 74.7 Å². The Hall–Kier alpha value is -1.41. The van der Waals surface area contributed by atoms with E-state index in [-0.39, 0.29) is 4.75 Å². The monoisotopic (exact) mass is 248 g/mol. The van der Waals surface area contributed by atoms with Crippen molar-refractivity contribution < 1.29 is 0 Å². The molecule has 1 atom stereocenters. The normalized spacial score (nSPS) is 23.3. The molecule has 3 N–H and O–H groups in total. The predicted octanol–water partition coefficient (Wildman–Crippen LogP) is 2.23. The number of anilines is 2. The molecule has 0 radical (unpaired) electrons. The summed E-state index contributed by atoms with van der Waals surface area (Å²) in [6, 6.07) is 3.68. The molecule has 2 heterocycles. The molecule has 0 saturated carbocycles. The van der Waals surface area contributed by atoms with E-state index in [4.69, 9.17) is 11.0 Å². The molecule has 0 amide bonds. The van der Waals surface area contributed by atoms with Gasteiger partial charge in [-0.05, 0) is 31.6 Å². The fraction of sp³-hybridized carbons (Fsp3) is 0.500. The third-order valence-corrected chi connectivity index (χ3v) is 4.51. The fourth-order valence-corrected chi connectivity index (χ4v) is 3.18. The number of hydrogen-bond acceptors (Lipinski definition) is 5. The maximum absolute atomic E-state index is 8.73. The summed E-state index contributed by atoms with van der Waals surface area (Å²) < 4.78 is 0.280. The molecule has 1 aromatic heterocycles. The summed E-state index contributed by atoms with van der Waals surface area (Å²) in [5.74, 6) is 1.91. The van der Waals surface area contributed by atoms with Gasteiger partial charge in [0.25, 0.3) is 0 Å². The molecule has 0 aliphatic carbocycles. The highest BCUT2D eigenvalue weighted by Gasteiger charge is 2.29. The van der Waals surface area contributed by atoms with E-state index in [0.29, 0.717) is 17.1 Å². The number of nitrogens with one attached hydrogen (secondary N) is 1. The number of thioether (sulfide) groups is 1. The first-order valence-electron chi connectivity index (χ1n) is 5.66. The van der Waals surface area contributed by atoms with Gasteiger partial charge in [0, 0.05) is 17.5 Å². The fourth-order valence-electron chi connectivity index (χ4n) is 1.94. The molecule has 4 nitrogen and oxygen atoms in total. The maximum atomic E-state index is 8.73. The molecule has 1 aliphatic rings. The summed E-state index contributed by atoms with van der Waals surface area (Å²) in [6.45, 7) is 3.12. The second-order valence-corrected chi connectivity index (χ2v) is 6.21. The zero-order chi connectivity index (χ0) is 12.3. The second-order valence-electron chi connectivity index (χ2n) is 4.53. The van der Waals surface area contributed by atoms with Crippen LogP contribution in [0.4, 0.5) is 11.5 Å². The van der Waals surface area contributed by atoms with E-state index in [1.165, 1.54) is 18.6 Å². The Morgan fingerprint density at radius 2 is 2.53 bits per heavy atom. The molecular formula is C12H16N4S. The van der Waals surface area contributed by atoms with Crippen molar-refractivity contribution in [2.24, 2.45) is 0 Å². The van der Waals surface area contributed by atoms with Gasteiger partial charge in [-0.15, -0.1) is 0 Å². The SMILES string of the molecule is CC1(CNc2ncc(C#N)cc2N)CCCS1. The van der Waals surface area contributed by atoms with Crippen LogP contribution in [0, 0.1) is 11.3 Å². The minimum Gasteiger partial charge on any atom is -0.396 e. The molecule has 1 aliphatic heterocycles. The summed E-state index contributed by atoms with van der Waals surface area (Å²) in [5.41, 5.74) is 6.87. The van der Waals surface area contributed by atoms with Crippen molar-refractivity contribution >= 4 is 23.3 Å². The van der Waals surface area contributed by atoms with Crippen LogP contribution in [0.15, 0.2) is 12.3 Å². The smallest absolute Gasteiger partial charge is 0.149 e. The van der Waals surface area contributed by atoms with Gasteiger partial charge in [0.15, 0.2) is 0 Å². The van der Waals surface area contributed by atoms with Crippen LogP contribution < -0.4 is 11.1 Å². The van der Waals surface area contributed by atoms with Crippen molar-refractivity contribution in [1.29, 1.82) is 5.26 Å². The molecule has 1 fully saturated rings. The molecule has 1 unspecified atom stereocenters. The minimum atomic E-state index is 0.280. The number of rotatable bonds is 3. The van der Waals surface area contributed by atoms with Gasteiger partial charge < -0.3 is 11.1 Å². The number of aromatic nitrogens is 1. The number of nitrogens with two attached hydrogens (primary N) is 1. The molecule has 0 spiro atoms. The Kier molecular flexibility index (Phi) is 3.43. The third kappa shape index (κ3) is 2.83. The van der Waals surface area contributed by atoms with Crippen molar-refractivity contribution in [2.45, 2.75) is 24.5 Å². The van der Waals surface area contributed by atoms with Gasteiger partial charge in [-0.2, -0.15) is 17.0 Å². The highest BCUT2D eigenvalue weighted by atomic mass is 32.2. The molecule has 17 heavy (non-hydrogen) atoms. The number of pyridine rings is 1. The van der Waals surface area contributed by atoms with E-state index in [2.05, 4.69) is 17.2 Å². The van der Waals surface area contributed by atoms with E-state index in [1.807, 2.05) is 17.8 Å². The van der Waals surface area contributed by atoms with Crippen LogP contribution >= 0.6 is 11.8 Å². The molecule has 5 heteroatoms. The Morgan fingerprint density at radius 1 is 1.71 bits per heavy atom. The molecule has 2 rings (SSSR count). The van der Waals surface area contributed by atoms with Gasteiger partial charge in [0.1, 0.15) is 11.9 Å². The van der Waals surface area contributed by atoms with Crippen molar-refractivity contribution in [1.82, 2.24) is 4.98 Å². The zero-order valence-corrected chi connectivity index (χ0v) is 10.7. The Labute approximate surface area is 106 Å². The van der Waals surface area contributed by atoms with Crippen molar-refractivity contribution in [3.8, 4) is 6.07 Å². The van der Waals surface area contributed by atoms with Gasteiger partial charge in [0.2, 0.25) is 0 Å². The number of nitrogen functional groups attached to an aromatic ring is 1. The van der Waals surface area contributed by atoms with Crippen molar-refractivity contribution in [2.75, 3.05) is 23.3 Å². The lowest BCUT2D eigenvalue weighted by Gasteiger charge is -2.23. The molecule has 0 bridgehead atoms. The van der Waals surface area contributed by atoms with Crippen LogP contribution in [-0.4, -0.2) is 22.0 Å². The van der Waals surface area contributed by atoms with Gasteiger partial charge in [0.05, 0.1) is 11.3 Å². The van der Waals surface area contributed by atoms with E-state index >= 15 is 0 Å². The highest BCUT2D eigenvalue weighted by Crippen LogP contribution is 2.37. The summed E-state index contributed by atoms with van der Waals surface area (Å²) in [6.07, 6.45) is 4.04. The molecule has 90 valence electrons. The Balaban J connectivity index is 2.02. The molecule has 1 aromatic rings. The van der Waals surface area contributed by atoms with Crippen LogP contribution in [0.1, 0.15) is 25.3 Å². The third-order valence-electron chi connectivity index (χ3n) is 2.98. The number of nitrogens with zero attached hydrogens (tertiary/aromatic N) is 2. The summed E-state index contributed by atoms with van der Waals surface area (Å²) in [4.78, 5) is 4.17. The number of hydrogen-bond donors (Lipinski definition) is 2. The lowest BCUT2D eigenvalue weighted by molar-refractivity contribution is 0.634. The predicted molar refractivity (Wildman–Crippen MR) is 72.0 cm³/mol. The lowest BCUT2D eigenvalue weighted by Crippen LogP contribution is -2.27. The van der Waals surface area contributed by atoms with Crippen LogP contribution in [0.2, 0.25) is 0 Å². The average Bonchev–Trinajstić information content (AvgIpc) is 2.75. The highest BCUT2D eigenvalue weighted by molar-refractivity contribution is 8.00. The number of nitriles is 1. The average molecular weight is 248 g/mol. The first-order valence-corrected chi connectivity index (χ1v) is 6.65. The van der Waals surface area contributed by atoms with Crippen LogP contribution in [-0.2, 0) is 0 Å². The largest absolute Gasteiger partial charge is 0.396 e. The van der Waals surface area contributed by atoms with Crippen molar-refractivity contribution in [3.63, 3.8) is 0 Å². The minimum absolute atomic E-state index is 0.280. The van der Waals surface area contributed by atoms with Gasteiger partial charge in [-0.3, -0.25) is 0 Å². The van der Waals surface area contributed by atoms with E-state index in [9.17, 15) is 0 Å². The van der Waals surface area contributed by atoms with Crippen LogP contribution in [0.3, 0.4) is 0 Å². The first-order chi connectivity index (χ1) is 8.13. The van der Waals surface area contributed by atoms with Gasteiger partial charge in [-0.25, -0.2) is 4.98 Å². The molecule has 1 saturated heterocycles. The standard InChI is InChI=1S/C12H16N4S/c1-12(3-2-4-17-12)8-16-11-10(14)5-9(6-13)7-15-11/h5,7H,2-4,8,14H2,1H3,(H,15,16). The van der Waals surface area contributed by atoms with Gasteiger partial charge >= 0.3 is 0 Å². The first kappa shape index (κ1) is 12.1. The molecular weight excluding hydrogens is 232 g/mol. The Bertz CT molecular complexity index is 446. The summed E-state index contributed by atoms with van der Waals surface area (Å²) in [5, 5.41) is 12.0. The van der Waals surface area contributed by atoms with Crippen molar-refractivity contribution in [3.05, 3.63) is 17.8 Å². The van der Waals surface area contributed by atoms with E-state index in [0.717, 1.165) is 6.54 Å². The van der Waals surface area contributed by atoms with E-state index in [1.54, 1.807) is 12.3 Å². The second kappa shape index (κ2) is 4.84. The quantitative estimate of drug-likeness (QED) is 0.858. The summed E-state index contributed by atoms with van der Waals surface area (Å²) >= 11 is 1.99. The van der Waals surface area contributed by atoms with Gasteiger partial charge in [-0.1, -0.05) is 0 Å². The zero-order valence-electron chi connectivity index (χ0n) is 9.86.